The van der Waals surface area contributed by atoms with Gasteiger partial charge in [-0.05, 0) is 60.2 Å². The number of aromatic nitrogens is 2. The minimum absolute atomic E-state index is 0.269. The third-order valence-electron chi connectivity index (χ3n) is 4.03. The van der Waals surface area contributed by atoms with E-state index in [1.54, 1.807) is 18.5 Å². The van der Waals surface area contributed by atoms with E-state index in [1.165, 1.54) is 6.07 Å². The molecule has 2 heterocycles. The number of nitriles is 1. The van der Waals surface area contributed by atoms with Gasteiger partial charge in [0, 0.05) is 23.5 Å². The first kappa shape index (κ1) is 16.1. The van der Waals surface area contributed by atoms with Gasteiger partial charge >= 0.3 is 0 Å². The zero-order valence-electron chi connectivity index (χ0n) is 13.8. The SMILES string of the molecule is CC(C)CCc1cc(C#N)c2cc(-c3ccncc3)cc(F)c2n1. The van der Waals surface area contributed by atoms with Crippen LogP contribution >= 0.6 is 0 Å². The van der Waals surface area contributed by atoms with Gasteiger partial charge in [0.05, 0.1) is 11.6 Å². The molecule has 3 rings (SSSR count). The summed E-state index contributed by atoms with van der Waals surface area (Å²) >= 11 is 0. The van der Waals surface area contributed by atoms with E-state index in [9.17, 15) is 9.65 Å². The van der Waals surface area contributed by atoms with E-state index in [1.807, 2.05) is 18.2 Å². The van der Waals surface area contributed by atoms with Crippen molar-refractivity contribution in [1.82, 2.24) is 9.97 Å². The summed E-state index contributed by atoms with van der Waals surface area (Å²) in [7, 11) is 0. The Balaban J connectivity index is 2.14. The van der Waals surface area contributed by atoms with E-state index in [2.05, 4.69) is 29.9 Å². The van der Waals surface area contributed by atoms with Gasteiger partial charge in [-0.15, -0.1) is 0 Å². The van der Waals surface area contributed by atoms with Crippen LogP contribution in [0.25, 0.3) is 22.0 Å². The van der Waals surface area contributed by atoms with Crippen molar-refractivity contribution in [2.45, 2.75) is 26.7 Å². The van der Waals surface area contributed by atoms with Crippen LogP contribution in [0.15, 0.2) is 42.7 Å². The molecule has 0 bridgehead atoms. The normalized spacial score (nSPS) is 11.0. The van der Waals surface area contributed by atoms with Crippen molar-refractivity contribution in [3.05, 3.63) is 59.8 Å². The molecule has 0 atom stereocenters. The minimum Gasteiger partial charge on any atom is -0.265 e. The van der Waals surface area contributed by atoms with Gasteiger partial charge in [0.25, 0.3) is 0 Å². The van der Waals surface area contributed by atoms with Crippen molar-refractivity contribution in [3.63, 3.8) is 0 Å². The Bertz CT molecular complexity index is 912. The summed E-state index contributed by atoms with van der Waals surface area (Å²) in [4.78, 5) is 8.43. The smallest absolute Gasteiger partial charge is 0.150 e. The van der Waals surface area contributed by atoms with Crippen LogP contribution in [0.3, 0.4) is 0 Å². The summed E-state index contributed by atoms with van der Waals surface area (Å²) in [5, 5.41) is 10.0. The first-order valence-electron chi connectivity index (χ1n) is 8.02. The summed E-state index contributed by atoms with van der Waals surface area (Å²) in [6, 6.07) is 10.9. The first-order chi connectivity index (χ1) is 11.6. The molecule has 3 nitrogen and oxygen atoms in total. The third kappa shape index (κ3) is 3.26. The van der Waals surface area contributed by atoms with E-state index in [0.29, 0.717) is 16.9 Å². The maximum atomic E-state index is 14.6. The lowest BCUT2D eigenvalue weighted by molar-refractivity contribution is 0.581. The Labute approximate surface area is 140 Å². The molecule has 0 saturated carbocycles. The lowest BCUT2D eigenvalue weighted by atomic mass is 9.99. The number of hydrogen-bond acceptors (Lipinski definition) is 3. The topological polar surface area (TPSA) is 49.6 Å². The molecule has 0 aliphatic rings. The van der Waals surface area contributed by atoms with Crippen molar-refractivity contribution in [2.24, 2.45) is 5.92 Å². The average molecular weight is 319 g/mol. The Morgan fingerprint density at radius 2 is 1.88 bits per heavy atom. The molecular formula is C20H18FN3. The van der Waals surface area contributed by atoms with Crippen LogP contribution < -0.4 is 0 Å². The second-order valence-corrected chi connectivity index (χ2v) is 6.30. The van der Waals surface area contributed by atoms with Crippen LogP contribution in [0.4, 0.5) is 4.39 Å². The Morgan fingerprint density at radius 3 is 2.54 bits per heavy atom. The van der Waals surface area contributed by atoms with Gasteiger partial charge < -0.3 is 0 Å². The predicted molar refractivity (Wildman–Crippen MR) is 92.8 cm³/mol. The van der Waals surface area contributed by atoms with E-state index >= 15 is 0 Å². The fourth-order valence-corrected chi connectivity index (χ4v) is 2.71. The minimum atomic E-state index is -0.401. The molecule has 1 aromatic carbocycles. The molecular weight excluding hydrogens is 301 g/mol. The molecule has 2 aromatic heterocycles. The second-order valence-electron chi connectivity index (χ2n) is 6.30. The number of benzene rings is 1. The number of pyridine rings is 2. The molecule has 0 fully saturated rings. The van der Waals surface area contributed by atoms with E-state index in [0.717, 1.165) is 29.7 Å². The number of hydrogen-bond donors (Lipinski definition) is 0. The summed E-state index contributed by atoms with van der Waals surface area (Å²) in [6.07, 6.45) is 5.03. The fourth-order valence-electron chi connectivity index (χ4n) is 2.71. The van der Waals surface area contributed by atoms with Gasteiger partial charge in [-0.25, -0.2) is 9.37 Å². The standard InChI is InChI=1S/C20H18FN3/c1-13(2)3-4-17-9-16(12-22)18-10-15(11-19(21)20(18)24-17)14-5-7-23-8-6-14/h5-11,13H,3-4H2,1-2H3. The lowest BCUT2D eigenvalue weighted by Crippen LogP contribution is -1.99. The molecule has 4 heteroatoms. The van der Waals surface area contributed by atoms with Gasteiger partial charge in [0.2, 0.25) is 0 Å². The molecule has 0 saturated heterocycles. The number of aryl methyl sites for hydroxylation is 1. The fraction of sp³-hybridized carbons (Fsp3) is 0.250. The van der Waals surface area contributed by atoms with Crippen LogP contribution in [-0.2, 0) is 6.42 Å². The molecule has 0 spiro atoms. The van der Waals surface area contributed by atoms with Gasteiger partial charge in [0.15, 0.2) is 0 Å². The Kier molecular flexibility index (Phi) is 4.52. The van der Waals surface area contributed by atoms with Crippen LogP contribution in [0, 0.1) is 23.1 Å². The molecule has 0 radical (unpaired) electrons. The molecule has 120 valence electrons. The highest BCUT2D eigenvalue weighted by Gasteiger charge is 2.13. The lowest BCUT2D eigenvalue weighted by Gasteiger charge is -2.10. The maximum Gasteiger partial charge on any atom is 0.150 e. The van der Waals surface area contributed by atoms with E-state index in [4.69, 9.17) is 0 Å². The maximum absolute atomic E-state index is 14.6. The largest absolute Gasteiger partial charge is 0.265 e. The van der Waals surface area contributed by atoms with Crippen molar-refractivity contribution < 1.29 is 4.39 Å². The number of halogens is 1. The van der Waals surface area contributed by atoms with Crippen molar-refractivity contribution in [3.8, 4) is 17.2 Å². The van der Waals surface area contributed by atoms with Gasteiger partial charge in [0.1, 0.15) is 11.3 Å². The van der Waals surface area contributed by atoms with Crippen molar-refractivity contribution in [1.29, 1.82) is 5.26 Å². The molecule has 0 N–H and O–H groups in total. The zero-order chi connectivity index (χ0) is 17.1. The Hall–Kier alpha value is -2.80. The molecule has 24 heavy (non-hydrogen) atoms. The Morgan fingerprint density at radius 1 is 1.12 bits per heavy atom. The van der Waals surface area contributed by atoms with Crippen LogP contribution in [0.1, 0.15) is 31.5 Å². The zero-order valence-corrected chi connectivity index (χ0v) is 13.8. The van der Waals surface area contributed by atoms with Crippen LogP contribution in [0.5, 0.6) is 0 Å². The average Bonchev–Trinajstić information content (AvgIpc) is 2.60. The molecule has 3 aromatic rings. The molecule has 0 amide bonds. The van der Waals surface area contributed by atoms with Crippen molar-refractivity contribution in [2.75, 3.05) is 0 Å². The van der Waals surface area contributed by atoms with E-state index in [-0.39, 0.29) is 5.52 Å². The third-order valence-corrected chi connectivity index (χ3v) is 4.03. The molecule has 0 aliphatic heterocycles. The monoisotopic (exact) mass is 319 g/mol. The summed E-state index contributed by atoms with van der Waals surface area (Å²) in [6.45, 7) is 4.27. The number of fused-ring (bicyclic) bond motifs is 1. The highest BCUT2D eigenvalue weighted by atomic mass is 19.1. The van der Waals surface area contributed by atoms with Crippen molar-refractivity contribution >= 4 is 10.9 Å². The van der Waals surface area contributed by atoms with Crippen LogP contribution in [0.2, 0.25) is 0 Å². The summed E-state index contributed by atoms with van der Waals surface area (Å²) in [5.74, 6) is 0.133. The number of rotatable bonds is 4. The first-order valence-corrected chi connectivity index (χ1v) is 8.02. The van der Waals surface area contributed by atoms with E-state index < -0.39 is 5.82 Å². The summed E-state index contributed by atoms with van der Waals surface area (Å²) < 4.78 is 14.6. The highest BCUT2D eigenvalue weighted by molar-refractivity contribution is 5.89. The quantitative estimate of drug-likeness (QED) is 0.687. The summed E-state index contributed by atoms with van der Waals surface area (Å²) in [5.41, 5.74) is 3.08. The molecule has 0 unspecified atom stereocenters. The molecule has 0 aliphatic carbocycles. The predicted octanol–water partition coefficient (Wildman–Crippen LogP) is 4.90. The second kappa shape index (κ2) is 6.76. The van der Waals surface area contributed by atoms with Crippen LogP contribution in [-0.4, -0.2) is 9.97 Å². The number of nitrogens with zero attached hydrogens (tertiary/aromatic N) is 3. The highest BCUT2D eigenvalue weighted by Crippen LogP contribution is 2.28. The van der Waals surface area contributed by atoms with Gasteiger partial charge in [-0.1, -0.05) is 13.8 Å². The van der Waals surface area contributed by atoms with Gasteiger partial charge in [-0.3, -0.25) is 4.98 Å². The van der Waals surface area contributed by atoms with Gasteiger partial charge in [-0.2, -0.15) is 5.26 Å².